The zero-order valence-electron chi connectivity index (χ0n) is 10.7. The van der Waals surface area contributed by atoms with Gasteiger partial charge in [0.25, 0.3) is 0 Å². The Bertz CT molecular complexity index is 676. The molecule has 0 fully saturated rings. The highest BCUT2D eigenvalue weighted by molar-refractivity contribution is 5.84. The molecule has 4 rings (SSSR count). The maximum Gasteiger partial charge on any atom is 0.231 e. The number of rotatable bonds is 1. The molecule has 1 aliphatic heterocycles. The van der Waals surface area contributed by atoms with Crippen molar-refractivity contribution in [2.24, 2.45) is 0 Å². The second-order valence-electron chi connectivity index (χ2n) is 5.07. The van der Waals surface area contributed by atoms with Crippen molar-refractivity contribution < 1.29 is 9.47 Å². The lowest BCUT2D eigenvalue weighted by molar-refractivity contribution is 0.174. The van der Waals surface area contributed by atoms with Crippen molar-refractivity contribution in [1.82, 2.24) is 4.98 Å². The van der Waals surface area contributed by atoms with E-state index in [0.29, 0.717) is 6.79 Å². The molecule has 19 heavy (non-hydrogen) atoms. The minimum Gasteiger partial charge on any atom is -0.454 e. The molecular weight excluding hydrogens is 238 g/mol. The average molecular weight is 253 g/mol. The molecule has 0 radical (unpaired) electrons. The van der Waals surface area contributed by atoms with E-state index in [0.717, 1.165) is 34.5 Å². The number of benzene rings is 1. The molecule has 0 bridgehead atoms. The van der Waals surface area contributed by atoms with Crippen molar-refractivity contribution in [2.75, 3.05) is 6.79 Å². The molecule has 0 saturated heterocycles. The third kappa shape index (κ3) is 1.86. The number of aromatic nitrogens is 1. The summed E-state index contributed by atoms with van der Waals surface area (Å²) in [6.45, 7) is 0.309. The summed E-state index contributed by atoms with van der Waals surface area (Å²) in [5.74, 6) is 1.62. The van der Waals surface area contributed by atoms with Crippen LogP contribution in [0.4, 0.5) is 0 Å². The molecule has 2 heterocycles. The van der Waals surface area contributed by atoms with Gasteiger partial charge in [0.2, 0.25) is 6.79 Å². The Morgan fingerprint density at radius 2 is 1.89 bits per heavy atom. The van der Waals surface area contributed by atoms with E-state index in [-0.39, 0.29) is 0 Å². The van der Waals surface area contributed by atoms with Gasteiger partial charge in [-0.1, -0.05) is 12.1 Å². The summed E-state index contributed by atoms with van der Waals surface area (Å²) in [5, 5.41) is 1.10. The van der Waals surface area contributed by atoms with Gasteiger partial charge in [0.15, 0.2) is 11.5 Å². The monoisotopic (exact) mass is 253 g/mol. The van der Waals surface area contributed by atoms with Gasteiger partial charge < -0.3 is 9.47 Å². The third-order valence-electron chi connectivity index (χ3n) is 3.80. The van der Waals surface area contributed by atoms with E-state index in [4.69, 9.17) is 14.5 Å². The van der Waals surface area contributed by atoms with Crippen LogP contribution >= 0.6 is 0 Å². The van der Waals surface area contributed by atoms with Crippen molar-refractivity contribution >= 4 is 16.5 Å². The van der Waals surface area contributed by atoms with E-state index in [1.54, 1.807) is 0 Å². The Kier molecular flexibility index (Phi) is 2.44. The standard InChI is InChI=1S/C16H15NO2/c1-2-4-11(5-3-1)13-7-6-12-8-15-16(19-10-18-15)9-14(12)17-13/h4,6-9H,1-3,5,10H2. The second-order valence-corrected chi connectivity index (χ2v) is 5.07. The highest BCUT2D eigenvalue weighted by Gasteiger charge is 2.15. The SMILES string of the molecule is C1=C(c2ccc3cc4c(cc3n2)OCO4)CCCC1. The molecule has 0 atom stereocenters. The fourth-order valence-electron chi connectivity index (χ4n) is 2.76. The fraction of sp³-hybridized carbons (Fsp3) is 0.312. The number of hydrogen-bond donors (Lipinski definition) is 0. The van der Waals surface area contributed by atoms with Crippen LogP contribution in [-0.2, 0) is 0 Å². The lowest BCUT2D eigenvalue weighted by Crippen LogP contribution is -1.95. The van der Waals surface area contributed by atoms with Crippen LogP contribution < -0.4 is 9.47 Å². The summed E-state index contributed by atoms with van der Waals surface area (Å²) < 4.78 is 10.8. The fourth-order valence-corrected chi connectivity index (χ4v) is 2.76. The first-order valence-corrected chi connectivity index (χ1v) is 6.80. The number of fused-ring (bicyclic) bond motifs is 2. The summed E-state index contributed by atoms with van der Waals surface area (Å²) in [5.41, 5.74) is 3.46. The number of pyridine rings is 1. The maximum absolute atomic E-state index is 5.42. The van der Waals surface area contributed by atoms with Crippen LogP contribution in [0.2, 0.25) is 0 Å². The molecule has 96 valence electrons. The topological polar surface area (TPSA) is 31.4 Å². The Labute approximate surface area is 111 Å². The molecule has 1 aliphatic carbocycles. The van der Waals surface area contributed by atoms with Gasteiger partial charge in [-0.05, 0) is 43.4 Å². The second kappa shape index (κ2) is 4.26. The number of allylic oxidation sites excluding steroid dienone is 2. The molecular formula is C16H15NO2. The molecule has 0 unspecified atom stereocenters. The summed E-state index contributed by atoms with van der Waals surface area (Å²) in [7, 11) is 0. The molecule has 1 aromatic carbocycles. The Hall–Kier alpha value is -2.03. The maximum atomic E-state index is 5.42. The van der Waals surface area contributed by atoms with Crippen LogP contribution in [0, 0.1) is 0 Å². The summed E-state index contributed by atoms with van der Waals surface area (Å²) in [6, 6.07) is 8.21. The predicted octanol–water partition coefficient (Wildman–Crippen LogP) is 3.92. The molecule has 1 aromatic heterocycles. The highest BCUT2D eigenvalue weighted by Crippen LogP contribution is 2.36. The lowest BCUT2D eigenvalue weighted by Gasteiger charge is -2.12. The van der Waals surface area contributed by atoms with Gasteiger partial charge in [-0.2, -0.15) is 0 Å². The van der Waals surface area contributed by atoms with Gasteiger partial charge in [-0.15, -0.1) is 0 Å². The van der Waals surface area contributed by atoms with Crippen LogP contribution in [0.5, 0.6) is 11.5 Å². The first-order valence-electron chi connectivity index (χ1n) is 6.80. The smallest absolute Gasteiger partial charge is 0.231 e. The van der Waals surface area contributed by atoms with Gasteiger partial charge >= 0.3 is 0 Å². The van der Waals surface area contributed by atoms with Crippen molar-refractivity contribution in [3.63, 3.8) is 0 Å². The quantitative estimate of drug-likeness (QED) is 0.771. The molecule has 0 saturated carbocycles. The Morgan fingerprint density at radius 1 is 1.00 bits per heavy atom. The van der Waals surface area contributed by atoms with E-state index >= 15 is 0 Å². The van der Waals surface area contributed by atoms with Crippen molar-refractivity contribution in [1.29, 1.82) is 0 Å². The first-order chi connectivity index (χ1) is 9.40. The normalized spacial score (nSPS) is 17.6. The van der Waals surface area contributed by atoms with Crippen LogP contribution in [0.15, 0.2) is 30.3 Å². The van der Waals surface area contributed by atoms with Crippen LogP contribution in [-0.4, -0.2) is 11.8 Å². The predicted molar refractivity (Wildman–Crippen MR) is 74.3 cm³/mol. The highest BCUT2D eigenvalue weighted by atomic mass is 16.7. The zero-order chi connectivity index (χ0) is 12.7. The number of nitrogens with zero attached hydrogens (tertiary/aromatic N) is 1. The van der Waals surface area contributed by atoms with Gasteiger partial charge in [0.1, 0.15) is 0 Å². The molecule has 0 spiro atoms. The van der Waals surface area contributed by atoms with E-state index in [1.807, 2.05) is 12.1 Å². The van der Waals surface area contributed by atoms with E-state index in [9.17, 15) is 0 Å². The molecule has 3 heteroatoms. The Morgan fingerprint density at radius 3 is 2.74 bits per heavy atom. The summed E-state index contributed by atoms with van der Waals surface area (Å²) in [4.78, 5) is 4.77. The van der Waals surface area contributed by atoms with Gasteiger partial charge in [0, 0.05) is 11.5 Å². The van der Waals surface area contributed by atoms with E-state index in [2.05, 4.69) is 18.2 Å². The number of hydrogen-bond acceptors (Lipinski definition) is 3. The molecule has 2 aliphatic rings. The molecule has 2 aromatic rings. The van der Waals surface area contributed by atoms with Gasteiger partial charge in [-0.25, -0.2) is 4.98 Å². The number of ether oxygens (including phenoxy) is 2. The summed E-state index contributed by atoms with van der Waals surface area (Å²) in [6.07, 6.45) is 7.21. The molecule has 3 nitrogen and oxygen atoms in total. The van der Waals surface area contributed by atoms with Crippen LogP contribution in [0.1, 0.15) is 31.4 Å². The van der Waals surface area contributed by atoms with Crippen molar-refractivity contribution in [2.45, 2.75) is 25.7 Å². The average Bonchev–Trinajstić information content (AvgIpc) is 2.92. The van der Waals surface area contributed by atoms with E-state index < -0.39 is 0 Å². The lowest BCUT2D eigenvalue weighted by atomic mass is 9.96. The van der Waals surface area contributed by atoms with Gasteiger partial charge in [-0.3, -0.25) is 0 Å². The van der Waals surface area contributed by atoms with Crippen LogP contribution in [0.25, 0.3) is 16.5 Å². The van der Waals surface area contributed by atoms with E-state index in [1.165, 1.54) is 24.8 Å². The minimum absolute atomic E-state index is 0.309. The summed E-state index contributed by atoms with van der Waals surface area (Å²) >= 11 is 0. The third-order valence-corrected chi connectivity index (χ3v) is 3.80. The van der Waals surface area contributed by atoms with Gasteiger partial charge in [0.05, 0.1) is 11.2 Å². The Balaban J connectivity index is 1.82. The molecule has 0 amide bonds. The van der Waals surface area contributed by atoms with Crippen LogP contribution in [0.3, 0.4) is 0 Å². The first kappa shape index (κ1) is 10.9. The minimum atomic E-state index is 0.309. The van der Waals surface area contributed by atoms with Crippen molar-refractivity contribution in [3.05, 3.63) is 36.0 Å². The van der Waals surface area contributed by atoms with Crippen molar-refractivity contribution in [3.8, 4) is 11.5 Å². The zero-order valence-corrected chi connectivity index (χ0v) is 10.7. The molecule has 0 N–H and O–H groups in total. The largest absolute Gasteiger partial charge is 0.454 e.